The zero-order valence-electron chi connectivity index (χ0n) is 9.42. The first kappa shape index (κ1) is 11.1. The molecule has 2 heterocycles. The molecule has 1 aliphatic rings. The quantitative estimate of drug-likeness (QED) is 0.664. The molecule has 1 amide bonds. The molecule has 1 aromatic rings. The predicted octanol–water partition coefficient (Wildman–Crippen LogP) is -1.18. The first-order valence-electron chi connectivity index (χ1n) is 5.24. The van der Waals surface area contributed by atoms with Crippen molar-refractivity contribution < 1.29 is 9.90 Å². The van der Waals surface area contributed by atoms with Gasteiger partial charge in [-0.15, -0.1) is 0 Å². The molecule has 2 atom stereocenters. The van der Waals surface area contributed by atoms with Crippen LogP contribution in [0.3, 0.4) is 0 Å². The van der Waals surface area contributed by atoms with Crippen molar-refractivity contribution in [3.63, 3.8) is 0 Å². The molecule has 0 unspecified atom stereocenters. The fourth-order valence-corrected chi connectivity index (χ4v) is 1.93. The number of carbonyl (C=O) groups excluding carboxylic acids is 1. The van der Waals surface area contributed by atoms with Gasteiger partial charge in [-0.1, -0.05) is 0 Å². The molecule has 88 valence electrons. The predicted molar refractivity (Wildman–Crippen MR) is 58.0 cm³/mol. The van der Waals surface area contributed by atoms with Crippen LogP contribution >= 0.6 is 0 Å². The fourth-order valence-electron chi connectivity index (χ4n) is 1.93. The van der Waals surface area contributed by atoms with Gasteiger partial charge in [0, 0.05) is 33.4 Å². The zero-order chi connectivity index (χ0) is 11.7. The number of carbonyl (C=O) groups is 1. The van der Waals surface area contributed by atoms with Crippen LogP contribution in [0.2, 0.25) is 0 Å². The lowest BCUT2D eigenvalue weighted by molar-refractivity contribution is 0.0581. The number of nitrogens with one attached hydrogen (secondary N) is 1. The molecule has 0 spiro atoms. The average molecular weight is 224 g/mol. The van der Waals surface area contributed by atoms with Crippen molar-refractivity contribution in [2.45, 2.75) is 12.1 Å². The summed E-state index contributed by atoms with van der Waals surface area (Å²) in [5.74, 6) is -0.110. The largest absolute Gasteiger partial charge is 0.390 e. The van der Waals surface area contributed by atoms with E-state index >= 15 is 0 Å². The molecule has 0 aromatic carbocycles. The maximum Gasteiger partial charge on any atom is 0.257 e. The van der Waals surface area contributed by atoms with E-state index in [1.54, 1.807) is 29.9 Å². The molecule has 0 bridgehead atoms. The van der Waals surface area contributed by atoms with Crippen molar-refractivity contribution in [2.24, 2.45) is 7.05 Å². The van der Waals surface area contributed by atoms with Gasteiger partial charge in [0.25, 0.3) is 5.91 Å². The van der Waals surface area contributed by atoms with Gasteiger partial charge in [-0.3, -0.25) is 9.48 Å². The van der Waals surface area contributed by atoms with E-state index < -0.39 is 6.10 Å². The lowest BCUT2D eigenvalue weighted by atomic mass is 10.1. The Hall–Kier alpha value is -1.40. The van der Waals surface area contributed by atoms with Crippen LogP contribution in [0.15, 0.2) is 12.4 Å². The fraction of sp³-hybridized carbons (Fsp3) is 0.600. The molecule has 1 saturated heterocycles. The lowest BCUT2D eigenvalue weighted by Crippen LogP contribution is -2.44. The number of rotatable bonds is 2. The number of aryl methyl sites for hydroxylation is 1. The van der Waals surface area contributed by atoms with E-state index in [1.807, 2.05) is 0 Å². The summed E-state index contributed by atoms with van der Waals surface area (Å²) in [6, 6.07) is -0.160. The maximum absolute atomic E-state index is 12.0. The highest BCUT2D eigenvalue weighted by molar-refractivity contribution is 5.93. The number of amides is 1. The third-order valence-corrected chi connectivity index (χ3v) is 2.92. The summed E-state index contributed by atoms with van der Waals surface area (Å²) < 4.78 is 1.59. The third kappa shape index (κ3) is 1.94. The van der Waals surface area contributed by atoms with Crippen molar-refractivity contribution in [1.29, 1.82) is 0 Å². The summed E-state index contributed by atoms with van der Waals surface area (Å²) in [7, 11) is 3.47. The molecule has 2 rings (SSSR count). The molecular formula is C10H16N4O2. The van der Waals surface area contributed by atoms with Gasteiger partial charge in [-0.05, 0) is 0 Å². The molecule has 1 aliphatic heterocycles. The van der Waals surface area contributed by atoms with E-state index in [9.17, 15) is 9.90 Å². The van der Waals surface area contributed by atoms with Gasteiger partial charge < -0.3 is 15.3 Å². The minimum Gasteiger partial charge on any atom is -0.390 e. The number of β-amino-alcohol motifs (C(OH)–C–C–N with tert-alkyl or cyclic N) is 1. The van der Waals surface area contributed by atoms with Crippen LogP contribution in [-0.2, 0) is 7.05 Å². The average Bonchev–Trinajstić information content (AvgIpc) is 2.85. The van der Waals surface area contributed by atoms with E-state index in [0.717, 1.165) is 0 Å². The Morgan fingerprint density at radius 2 is 2.44 bits per heavy atom. The summed E-state index contributed by atoms with van der Waals surface area (Å²) in [6.45, 7) is 1.17. The minimum absolute atomic E-state index is 0.110. The van der Waals surface area contributed by atoms with E-state index in [1.165, 1.54) is 6.20 Å². The van der Waals surface area contributed by atoms with Gasteiger partial charge in [0.2, 0.25) is 0 Å². The number of nitrogens with zero attached hydrogens (tertiary/aromatic N) is 3. The highest BCUT2D eigenvalue weighted by Gasteiger charge is 2.31. The standard InChI is InChI=1S/C10H16N4O2/c1-13-6-7(3-12-13)10(16)14(2)8-4-11-5-9(8)15/h3,6,8-9,11,15H,4-5H2,1-2H3/t8-,9-/m1/s1. The van der Waals surface area contributed by atoms with Gasteiger partial charge in [0.15, 0.2) is 0 Å². The van der Waals surface area contributed by atoms with Crippen LogP contribution < -0.4 is 5.32 Å². The number of likely N-dealkylation sites (N-methyl/N-ethyl adjacent to an activating group) is 1. The topological polar surface area (TPSA) is 70.4 Å². The Morgan fingerprint density at radius 1 is 1.69 bits per heavy atom. The molecular weight excluding hydrogens is 208 g/mol. The molecule has 2 N–H and O–H groups in total. The monoisotopic (exact) mass is 224 g/mol. The van der Waals surface area contributed by atoms with Crippen molar-refractivity contribution >= 4 is 5.91 Å². The van der Waals surface area contributed by atoms with Gasteiger partial charge in [-0.25, -0.2) is 0 Å². The molecule has 6 nitrogen and oxygen atoms in total. The zero-order valence-corrected chi connectivity index (χ0v) is 9.42. The van der Waals surface area contributed by atoms with Gasteiger partial charge in [-0.2, -0.15) is 5.10 Å². The molecule has 0 aliphatic carbocycles. The van der Waals surface area contributed by atoms with Crippen LogP contribution in [0, 0.1) is 0 Å². The van der Waals surface area contributed by atoms with Gasteiger partial charge >= 0.3 is 0 Å². The van der Waals surface area contributed by atoms with Crippen LogP contribution in [0.1, 0.15) is 10.4 Å². The molecule has 0 radical (unpaired) electrons. The van der Waals surface area contributed by atoms with Crippen molar-refractivity contribution in [2.75, 3.05) is 20.1 Å². The third-order valence-electron chi connectivity index (χ3n) is 2.92. The van der Waals surface area contributed by atoms with Gasteiger partial charge in [0.1, 0.15) is 0 Å². The van der Waals surface area contributed by atoms with Crippen LogP contribution in [-0.4, -0.2) is 58.0 Å². The number of aromatic nitrogens is 2. The highest BCUT2D eigenvalue weighted by Crippen LogP contribution is 2.11. The smallest absolute Gasteiger partial charge is 0.257 e. The normalized spacial score (nSPS) is 24.7. The van der Waals surface area contributed by atoms with E-state index in [2.05, 4.69) is 10.4 Å². The molecule has 1 fully saturated rings. The SMILES string of the molecule is CN(C(=O)c1cnn(C)c1)[C@@H]1CNC[C@H]1O. The Balaban J connectivity index is 2.10. The van der Waals surface area contributed by atoms with Gasteiger partial charge in [0.05, 0.1) is 23.9 Å². The van der Waals surface area contributed by atoms with Crippen LogP contribution in [0.4, 0.5) is 0 Å². The molecule has 6 heteroatoms. The maximum atomic E-state index is 12.0. The second kappa shape index (κ2) is 4.23. The second-order valence-corrected chi connectivity index (χ2v) is 4.11. The number of hydrogen-bond donors (Lipinski definition) is 2. The van der Waals surface area contributed by atoms with E-state index in [4.69, 9.17) is 0 Å². The summed E-state index contributed by atoms with van der Waals surface area (Å²) in [6.07, 6.45) is 2.71. The summed E-state index contributed by atoms with van der Waals surface area (Å²) in [5, 5.41) is 16.7. The lowest BCUT2D eigenvalue weighted by Gasteiger charge is -2.25. The Labute approximate surface area is 93.9 Å². The highest BCUT2D eigenvalue weighted by atomic mass is 16.3. The summed E-state index contributed by atoms with van der Waals surface area (Å²) in [5.41, 5.74) is 0.545. The second-order valence-electron chi connectivity index (χ2n) is 4.11. The minimum atomic E-state index is -0.495. The Kier molecular flexibility index (Phi) is 2.93. The first-order valence-corrected chi connectivity index (χ1v) is 5.24. The molecule has 0 saturated carbocycles. The van der Waals surface area contributed by atoms with E-state index in [-0.39, 0.29) is 11.9 Å². The number of aliphatic hydroxyl groups is 1. The van der Waals surface area contributed by atoms with Crippen molar-refractivity contribution in [3.05, 3.63) is 18.0 Å². The Bertz CT molecular complexity index is 390. The number of aliphatic hydroxyl groups excluding tert-OH is 1. The van der Waals surface area contributed by atoms with Crippen LogP contribution in [0.5, 0.6) is 0 Å². The Morgan fingerprint density at radius 3 is 2.94 bits per heavy atom. The molecule has 1 aromatic heterocycles. The summed E-state index contributed by atoms with van der Waals surface area (Å²) in [4.78, 5) is 13.6. The van der Waals surface area contributed by atoms with Crippen LogP contribution in [0.25, 0.3) is 0 Å². The van der Waals surface area contributed by atoms with Crippen molar-refractivity contribution in [1.82, 2.24) is 20.0 Å². The van der Waals surface area contributed by atoms with Crippen molar-refractivity contribution in [3.8, 4) is 0 Å². The first-order chi connectivity index (χ1) is 7.59. The van der Waals surface area contributed by atoms with E-state index in [0.29, 0.717) is 18.7 Å². The summed E-state index contributed by atoms with van der Waals surface area (Å²) >= 11 is 0. The number of hydrogen-bond acceptors (Lipinski definition) is 4. The molecule has 16 heavy (non-hydrogen) atoms.